The van der Waals surface area contributed by atoms with Crippen molar-refractivity contribution >= 4 is 12.6 Å². The average molecular weight is 249 g/mol. The molecule has 1 saturated heterocycles. The smallest absolute Gasteiger partial charge is 0.454 e. The van der Waals surface area contributed by atoms with E-state index in [-0.39, 0.29) is 6.79 Å². The lowest BCUT2D eigenvalue weighted by Gasteiger charge is -2.15. The SMILES string of the molecule is OB(O)c1c(CC2CCCN2)ccc2c1OCO2. The molecule has 0 spiro atoms. The highest BCUT2D eigenvalue weighted by molar-refractivity contribution is 6.60. The summed E-state index contributed by atoms with van der Waals surface area (Å²) in [7, 11) is -1.53. The third kappa shape index (κ3) is 2.07. The molecule has 3 N–H and O–H groups in total. The van der Waals surface area contributed by atoms with Crippen LogP contribution in [0, 0.1) is 0 Å². The molecule has 0 aromatic heterocycles. The number of hydrogen-bond donors (Lipinski definition) is 3. The normalized spacial score (nSPS) is 21.3. The quantitative estimate of drug-likeness (QED) is 0.623. The van der Waals surface area contributed by atoms with Crippen molar-refractivity contribution in [3.8, 4) is 11.5 Å². The summed E-state index contributed by atoms with van der Waals surface area (Å²) in [6.07, 6.45) is 3.07. The van der Waals surface area contributed by atoms with Crippen molar-refractivity contribution in [1.82, 2.24) is 5.32 Å². The Morgan fingerprint density at radius 1 is 1.33 bits per heavy atom. The zero-order valence-corrected chi connectivity index (χ0v) is 10.1. The van der Waals surface area contributed by atoms with E-state index in [0.717, 1.165) is 24.9 Å². The van der Waals surface area contributed by atoms with Crippen molar-refractivity contribution in [2.45, 2.75) is 25.3 Å². The third-order valence-corrected chi connectivity index (χ3v) is 3.55. The number of benzene rings is 1. The van der Waals surface area contributed by atoms with Gasteiger partial charge in [0.1, 0.15) is 0 Å². The molecule has 0 aliphatic carbocycles. The van der Waals surface area contributed by atoms with Gasteiger partial charge >= 0.3 is 7.12 Å². The Balaban J connectivity index is 1.92. The van der Waals surface area contributed by atoms with Gasteiger partial charge in [-0.1, -0.05) is 6.07 Å². The fraction of sp³-hybridized carbons (Fsp3) is 0.500. The van der Waals surface area contributed by atoms with E-state index in [2.05, 4.69) is 5.32 Å². The summed E-state index contributed by atoms with van der Waals surface area (Å²) < 4.78 is 10.6. The van der Waals surface area contributed by atoms with Crippen LogP contribution in [-0.4, -0.2) is 36.5 Å². The highest BCUT2D eigenvalue weighted by Gasteiger charge is 2.29. The molecule has 1 aromatic rings. The molecule has 1 atom stereocenters. The fourth-order valence-electron chi connectivity index (χ4n) is 2.69. The van der Waals surface area contributed by atoms with E-state index in [1.54, 1.807) is 0 Å². The highest BCUT2D eigenvalue weighted by atomic mass is 16.7. The first-order valence-electron chi connectivity index (χ1n) is 6.26. The second-order valence-corrected chi connectivity index (χ2v) is 4.74. The molecular weight excluding hydrogens is 233 g/mol. The van der Waals surface area contributed by atoms with Crippen LogP contribution in [0.3, 0.4) is 0 Å². The van der Waals surface area contributed by atoms with Crippen molar-refractivity contribution in [3.05, 3.63) is 17.7 Å². The number of fused-ring (bicyclic) bond motifs is 1. The second-order valence-electron chi connectivity index (χ2n) is 4.74. The zero-order valence-electron chi connectivity index (χ0n) is 10.1. The predicted octanol–water partition coefficient (Wildman–Crippen LogP) is -0.610. The monoisotopic (exact) mass is 249 g/mol. The number of hydrogen-bond acceptors (Lipinski definition) is 5. The molecule has 2 aliphatic heterocycles. The lowest BCUT2D eigenvalue weighted by Crippen LogP contribution is -2.36. The third-order valence-electron chi connectivity index (χ3n) is 3.55. The van der Waals surface area contributed by atoms with E-state index >= 15 is 0 Å². The van der Waals surface area contributed by atoms with E-state index in [9.17, 15) is 10.0 Å². The maximum absolute atomic E-state index is 9.54. The molecule has 2 aliphatic rings. The zero-order chi connectivity index (χ0) is 12.5. The van der Waals surface area contributed by atoms with Crippen molar-refractivity contribution < 1.29 is 19.5 Å². The number of rotatable bonds is 3. The molecule has 3 rings (SSSR count). The summed E-state index contributed by atoms with van der Waals surface area (Å²) >= 11 is 0. The molecule has 2 heterocycles. The second kappa shape index (κ2) is 4.80. The van der Waals surface area contributed by atoms with E-state index in [1.807, 2.05) is 12.1 Å². The van der Waals surface area contributed by atoms with E-state index in [1.165, 1.54) is 6.42 Å². The molecule has 18 heavy (non-hydrogen) atoms. The summed E-state index contributed by atoms with van der Waals surface area (Å²) in [5.74, 6) is 1.06. The van der Waals surface area contributed by atoms with Crippen molar-refractivity contribution in [1.29, 1.82) is 0 Å². The van der Waals surface area contributed by atoms with Gasteiger partial charge in [-0.3, -0.25) is 0 Å². The van der Waals surface area contributed by atoms with Gasteiger partial charge in [0, 0.05) is 11.5 Å². The van der Waals surface area contributed by atoms with Crippen LogP contribution in [0.2, 0.25) is 0 Å². The van der Waals surface area contributed by atoms with Crippen LogP contribution in [0.4, 0.5) is 0 Å². The number of ether oxygens (including phenoxy) is 2. The number of nitrogens with one attached hydrogen (secondary N) is 1. The Bertz CT molecular complexity index is 446. The molecule has 5 nitrogen and oxygen atoms in total. The highest BCUT2D eigenvalue weighted by Crippen LogP contribution is 2.31. The van der Waals surface area contributed by atoms with E-state index in [4.69, 9.17) is 9.47 Å². The van der Waals surface area contributed by atoms with Gasteiger partial charge in [0.2, 0.25) is 6.79 Å². The standard InChI is InChI=1S/C12H16BNO4/c15-13(16)11-8(6-9-2-1-5-14-9)3-4-10-12(11)18-7-17-10/h3-4,9,14-16H,1-2,5-7H2. The van der Waals surface area contributed by atoms with Crippen LogP contribution in [0.5, 0.6) is 11.5 Å². The van der Waals surface area contributed by atoms with Crippen molar-refractivity contribution in [2.75, 3.05) is 13.3 Å². The van der Waals surface area contributed by atoms with Gasteiger partial charge in [-0.25, -0.2) is 0 Å². The van der Waals surface area contributed by atoms with Crippen molar-refractivity contribution in [3.63, 3.8) is 0 Å². The molecule has 1 fully saturated rings. The minimum Gasteiger partial charge on any atom is -0.454 e. The van der Waals surface area contributed by atoms with Crippen LogP contribution in [-0.2, 0) is 6.42 Å². The van der Waals surface area contributed by atoms with Crippen LogP contribution in [0.15, 0.2) is 12.1 Å². The lowest BCUT2D eigenvalue weighted by atomic mass is 9.74. The maximum Gasteiger partial charge on any atom is 0.492 e. The predicted molar refractivity (Wildman–Crippen MR) is 67.1 cm³/mol. The van der Waals surface area contributed by atoms with Gasteiger partial charge in [0.15, 0.2) is 11.5 Å². The van der Waals surface area contributed by atoms with E-state index in [0.29, 0.717) is 23.0 Å². The minimum atomic E-state index is -1.53. The average Bonchev–Trinajstić information content (AvgIpc) is 2.98. The molecule has 1 aromatic carbocycles. The van der Waals surface area contributed by atoms with E-state index < -0.39 is 7.12 Å². The first-order chi connectivity index (χ1) is 8.75. The first-order valence-corrected chi connectivity index (χ1v) is 6.26. The molecule has 0 radical (unpaired) electrons. The summed E-state index contributed by atoms with van der Waals surface area (Å²) in [6, 6.07) is 4.13. The molecule has 0 amide bonds. The van der Waals surface area contributed by atoms with Gasteiger partial charge in [-0.2, -0.15) is 0 Å². The van der Waals surface area contributed by atoms with Crippen LogP contribution in [0.25, 0.3) is 0 Å². The van der Waals surface area contributed by atoms with Crippen LogP contribution in [0.1, 0.15) is 18.4 Å². The molecular formula is C12H16BNO4. The first kappa shape index (κ1) is 11.8. The summed E-state index contributed by atoms with van der Waals surface area (Å²) in [6.45, 7) is 1.17. The van der Waals surface area contributed by atoms with Gasteiger partial charge in [0.25, 0.3) is 0 Å². The largest absolute Gasteiger partial charge is 0.492 e. The van der Waals surface area contributed by atoms with Gasteiger partial charge in [0.05, 0.1) is 0 Å². The molecule has 0 bridgehead atoms. The maximum atomic E-state index is 9.54. The topological polar surface area (TPSA) is 71.0 Å². The summed E-state index contributed by atoms with van der Waals surface area (Å²) in [5, 5.41) is 22.5. The summed E-state index contributed by atoms with van der Waals surface area (Å²) in [4.78, 5) is 0. The molecule has 0 saturated carbocycles. The Hall–Kier alpha value is -1.24. The molecule has 1 unspecified atom stereocenters. The Kier molecular flexibility index (Phi) is 3.15. The van der Waals surface area contributed by atoms with Gasteiger partial charge in [-0.15, -0.1) is 0 Å². The summed E-state index contributed by atoms with van der Waals surface area (Å²) in [5.41, 5.74) is 1.35. The Labute approximate surface area is 106 Å². The Morgan fingerprint density at radius 2 is 2.22 bits per heavy atom. The van der Waals surface area contributed by atoms with Crippen LogP contribution >= 0.6 is 0 Å². The van der Waals surface area contributed by atoms with Gasteiger partial charge in [-0.05, 0) is 37.4 Å². The minimum absolute atomic E-state index is 0.139. The fourth-order valence-corrected chi connectivity index (χ4v) is 2.69. The molecule has 6 heteroatoms. The van der Waals surface area contributed by atoms with Crippen LogP contribution < -0.4 is 20.3 Å². The lowest BCUT2D eigenvalue weighted by molar-refractivity contribution is 0.174. The molecule has 96 valence electrons. The van der Waals surface area contributed by atoms with Crippen molar-refractivity contribution in [2.24, 2.45) is 0 Å². The Morgan fingerprint density at radius 3 is 2.94 bits per heavy atom. The van der Waals surface area contributed by atoms with Gasteiger partial charge < -0.3 is 24.8 Å².